The minimum Gasteiger partial charge on any atom is -0.393 e. The Labute approximate surface area is 116 Å². The first kappa shape index (κ1) is 12.8. The first-order chi connectivity index (χ1) is 9.70. The zero-order chi connectivity index (χ0) is 14.1. The fourth-order valence-electron chi connectivity index (χ4n) is 2.69. The lowest BCUT2D eigenvalue weighted by Gasteiger charge is -2.10. The van der Waals surface area contributed by atoms with E-state index < -0.39 is 36.0 Å². The third-order valence-electron chi connectivity index (χ3n) is 3.66. The molecule has 4 heteroatoms. The smallest absolute Gasteiger partial charge is 0.320 e. The number of carbonyl (C=O) groups is 2. The number of cyclic esters (lactones) is 2. The third kappa shape index (κ3) is 2.08. The number of carbonyl (C=O) groups excluding carboxylic acids is 2. The summed E-state index contributed by atoms with van der Waals surface area (Å²) in [5.41, 5.74) is 1.01. The van der Waals surface area contributed by atoms with Gasteiger partial charge in [-0.1, -0.05) is 48.6 Å². The Morgan fingerprint density at radius 3 is 2.30 bits per heavy atom. The molecule has 0 aliphatic carbocycles. The molecule has 4 atom stereocenters. The molecule has 0 aromatic heterocycles. The second kappa shape index (κ2) is 5.06. The Bertz CT molecular complexity index is 575. The van der Waals surface area contributed by atoms with Crippen LogP contribution in [0.4, 0.5) is 0 Å². The van der Waals surface area contributed by atoms with Crippen LogP contribution < -0.4 is 0 Å². The summed E-state index contributed by atoms with van der Waals surface area (Å²) in [6.45, 7) is 3.65. The third-order valence-corrected chi connectivity index (χ3v) is 3.66. The van der Waals surface area contributed by atoms with Crippen LogP contribution in [0.3, 0.4) is 0 Å². The van der Waals surface area contributed by atoms with Crippen LogP contribution in [-0.4, -0.2) is 24.1 Å². The van der Waals surface area contributed by atoms with Crippen LogP contribution in [0.15, 0.2) is 49.1 Å². The van der Waals surface area contributed by atoms with Crippen LogP contribution >= 0.6 is 0 Å². The quantitative estimate of drug-likeness (QED) is 0.478. The van der Waals surface area contributed by atoms with Gasteiger partial charge in [0.2, 0.25) is 0 Å². The van der Waals surface area contributed by atoms with Crippen LogP contribution in [0.5, 0.6) is 0 Å². The first-order valence-corrected chi connectivity index (χ1v) is 6.47. The minimum absolute atomic E-state index is 0.456. The molecule has 0 spiro atoms. The number of benzene rings is 1. The molecule has 0 radical (unpaired) electrons. The molecule has 1 aromatic carbocycles. The molecule has 2 saturated heterocycles. The van der Waals surface area contributed by atoms with Crippen LogP contribution in [0.2, 0.25) is 0 Å². The van der Waals surface area contributed by atoms with Crippen LogP contribution in [0.1, 0.15) is 5.56 Å². The van der Waals surface area contributed by atoms with Gasteiger partial charge in [0.15, 0.2) is 0 Å². The normalized spacial score (nSPS) is 32.4. The molecule has 2 aliphatic heterocycles. The zero-order valence-corrected chi connectivity index (χ0v) is 10.8. The molecule has 0 saturated carbocycles. The number of esters is 2. The fraction of sp³-hybridized carbons (Fsp3) is 0.250. The second-order valence-electron chi connectivity index (χ2n) is 4.86. The average Bonchev–Trinajstić information content (AvgIpc) is 2.97. The molecule has 0 amide bonds. The van der Waals surface area contributed by atoms with Crippen molar-refractivity contribution in [3.8, 4) is 0 Å². The van der Waals surface area contributed by atoms with Gasteiger partial charge in [-0.2, -0.15) is 0 Å². The van der Waals surface area contributed by atoms with E-state index in [0.717, 1.165) is 5.56 Å². The number of ether oxygens (including phenoxy) is 2. The largest absolute Gasteiger partial charge is 0.393 e. The predicted molar refractivity (Wildman–Crippen MR) is 72.4 cm³/mol. The number of hydrogen-bond acceptors (Lipinski definition) is 4. The molecule has 2 heterocycles. The zero-order valence-electron chi connectivity index (χ0n) is 10.8. The Morgan fingerprint density at radius 1 is 1.00 bits per heavy atom. The molecule has 2 fully saturated rings. The van der Waals surface area contributed by atoms with E-state index in [4.69, 9.17) is 9.47 Å². The summed E-state index contributed by atoms with van der Waals surface area (Å²) < 4.78 is 10.4. The van der Waals surface area contributed by atoms with Crippen molar-refractivity contribution >= 4 is 18.0 Å². The van der Waals surface area contributed by atoms with Crippen molar-refractivity contribution in [3.63, 3.8) is 0 Å². The number of rotatable bonds is 3. The van der Waals surface area contributed by atoms with Gasteiger partial charge in [0.25, 0.3) is 0 Å². The van der Waals surface area contributed by atoms with Gasteiger partial charge in [-0.3, -0.25) is 9.59 Å². The lowest BCUT2D eigenvalue weighted by molar-refractivity contribution is -0.156. The Balaban J connectivity index is 1.84. The van der Waals surface area contributed by atoms with Gasteiger partial charge in [0.05, 0.1) is 12.2 Å². The molecule has 20 heavy (non-hydrogen) atoms. The summed E-state index contributed by atoms with van der Waals surface area (Å²) in [6.07, 6.45) is 4.31. The SMILES string of the molecule is C=CC1OC(/C=C\c2ccccc2)[C@@H]2C(=O)OC(=O)[C@H]12. The van der Waals surface area contributed by atoms with Gasteiger partial charge in [-0.05, 0) is 5.56 Å². The molecule has 2 aliphatic rings. The van der Waals surface area contributed by atoms with E-state index >= 15 is 0 Å². The van der Waals surface area contributed by atoms with E-state index in [1.807, 2.05) is 36.4 Å². The Hall–Kier alpha value is -2.20. The first-order valence-electron chi connectivity index (χ1n) is 6.47. The molecule has 0 bridgehead atoms. The lowest BCUT2D eigenvalue weighted by atomic mass is 9.89. The molecular weight excluding hydrogens is 256 g/mol. The summed E-state index contributed by atoms with van der Waals surface area (Å²) in [5.74, 6) is -2.15. The molecular formula is C16H14O4. The summed E-state index contributed by atoms with van der Waals surface area (Å²) in [7, 11) is 0. The number of fused-ring (bicyclic) bond motifs is 1. The van der Waals surface area contributed by atoms with E-state index in [-0.39, 0.29) is 0 Å². The van der Waals surface area contributed by atoms with Crippen molar-refractivity contribution < 1.29 is 19.1 Å². The van der Waals surface area contributed by atoms with E-state index in [1.54, 1.807) is 12.2 Å². The van der Waals surface area contributed by atoms with E-state index in [1.165, 1.54) is 0 Å². The van der Waals surface area contributed by atoms with Gasteiger partial charge in [0, 0.05) is 0 Å². The highest BCUT2D eigenvalue weighted by atomic mass is 16.6. The highest BCUT2D eigenvalue weighted by Gasteiger charge is 2.57. The van der Waals surface area contributed by atoms with Gasteiger partial charge in [-0.15, -0.1) is 6.58 Å². The summed E-state index contributed by atoms with van der Waals surface area (Å²) in [5, 5.41) is 0. The van der Waals surface area contributed by atoms with Crippen molar-refractivity contribution in [2.75, 3.05) is 0 Å². The van der Waals surface area contributed by atoms with Gasteiger partial charge >= 0.3 is 11.9 Å². The van der Waals surface area contributed by atoms with Gasteiger partial charge < -0.3 is 9.47 Å². The molecule has 102 valence electrons. The maximum Gasteiger partial charge on any atom is 0.320 e. The van der Waals surface area contributed by atoms with Crippen molar-refractivity contribution in [1.82, 2.24) is 0 Å². The van der Waals surface area contributed by atoms with Crippen molar-refractivity contribution in [3.05, 3.63) is 54.6 Å². The van der Waals surface area contributed by atoms with Gasteiger partial charge in [0.1, 0.15) is 11.8 Å². The maximum atomic E-state index is 11.8. The van der Waals surface area contributed by atoms with Crippen molar-refractivity contribution in [2.45, 2.75) is 12.2 Å². The summed E-state index contributed by atoms with van der Waals surface area (Å²) in [4.78, 5) is 23.4. The van der Waals surface area contributed by atoms with Crippen molar-refractivity contribution in [1.29, 1.82) is 0 Å². The van der Waals surface area contributed by atoms with E-state index in [9.17, 15) is 9.59 Å². The fourth-order valence-corrected chi connectivity index (χ4v) is 2.69. The average molecular weight is 270 g/mol. The molecule has 0 N–H and O–H groups in total. The van der Waals surface area contributed by atoms with Crippen LogP contribution in [0.25, 0.3) is 6.08 Å². The molecule has 3 rings (SSSR count). The lowest BCUT2D eigenvalue weighted by Crippen LogP contribution is -2.23. The van der Waals surface area contributed by atoms with Crippen molar-refractivity contribution in [2.24, 2.45) is 11.8 Å². The van der Waals surface area contributed by atoms with E-state index in [2.05, 4.69) is 6.58 Å². The standard InChI is InChI=1S/C16H14O4/c1-2-11-13-14(16(18)20-15(13)17)12(19-11)9-8-10-6-4-3-5-7-10/h2-9,11-14H,1H2/b9-8-/t11?,12?,13-,14+/m1/s1. The van der Waals surface area contributed by atoms with E-state index in [0.29, 0.717) is 0 Å². The highest BCUT2D eigenvalue weighted by Crippen LogP contribution is 2.40. The molecule has 4 nitrogen and oxygen atoms in total. The number of hydrogen-bond donors (Lipinski definition) is 0. The van der Waals surface area contributed by atoms with Gasteiger partial charge in [-0.25, -0.2) is 0 Å². The maximum absolute atomic E-state index is 11.8. The molecule has 1 aromatic rings. The highest BCUT2D eigenvalue weighted by molar-refractivity contribution is 5.98. The minimum atomic E-state index is -0.564. The monoisotopic (exact) mass is 270 g/mol. The summed E-state index contributed by atoms with van der Waals surface area (Å²) >= 11 is 0. The second-order valence-corrected chi connectivity index (χ2v) is 4.86. The van der Waals surface area contributed by atoms with Crippen LogP contribution in [-0.2, 0) is 19.1 Å². The molecule has 2 unspecified atom stereocenters. The Kier molecular flexibility index (Phi) is 3.24. The van der Waals surface area contributed by atoms with Crippen LogP contribution in [0, 0.1) is 11.8 Å². The Morgan fingerprint density at radius 2 is 1.65 bits per heavy atom. The topological polar surface area (TPSA) is 52.6 Å². The predicted octanol–water partition coefficient (Wildman–Crippen LogP) is 1.97. The summed E-state index contributed by atoms with van der Waals surface area (Å²) in [6, 6.07) is 9.69.